The zero-order chi connectivity index (χ0) is 15.6. The Bertz CT molecular complexity index is 576. The van der Waals surface area contributed by atoms with Crippen molar-refractivity contribution in [2.24, 2.45) is 11.3 Å². The SMILES string of the molecule is Cc1ccc(C#N)c(NC[C@H]2CCC3(CCOCC3)[C@@H]2O)n1. The Morgan fingerprint density at radius 1 is 1.41 bits per heavy atom. The van der Waals surface area contributed by atoms with Crippen LogP contribution in [0, 0.1) is 29.6 Å². The van der Waals surface area contributed by atoms with E-state index < -0.39 is 0 Å². The van der Waals surface area contributed by atoms with E-state index >= 15 is 0 Å². The molecule has 0 radical (unpaired) electrons. The highest BCUT2D eigenvalue weighted by molar-refractivity contribution is 5.52. The molecule has 2 heterocycles. The molecule has 0 aromatic carbocycles. The zero-order valence-corrected chi connectivity index (χ0v) is 13.0. The summed E-state index contributed by atoms with van der Waals surface area (Å²) in [5.41, 5.74) is 1.48. The second kappa shape index (κ2) is 6.23. The molecular weight excluding hydrogens is 278 g/mol. The van der Waals surface area contributed by atoms with Crippen molar-refractivity contribution in [1.29, 1.82) is 5.26 Å². The number of rotatable bonds is 3. The number of aromatic nitrogens is 1. The molecule has 0 amide bonds. The molecule has 0 unspecified atom stereocenters. The van der Waals surface area contributed by atoms with Crippen LogP contribution in [0.5, 0.6) is 0 Å². The smallest absolute Gasteiger partial charge is 0.144 e. The minimum absolute atomic E-state index is 0.0443. The van der Waals surface area contributed by atoms with E-state index in [1.807, 2.05) is 13.0 Å². The van der Waals surface area contributed by atoms with Gasteiger partial charge >= 0.3 is 0 Å². The highest BCUT2D eigenvalue weighted by Crippen LogP contribution is 2.48. The molecule has 2 fully saturated rings. The average Bonchev–Trinajstić information content (AvgIpc) is 2.83. The summed E-state index contributed by atoms with van der Waals surface area (Å²) in [5, 5.41) is 23.2. The summed E-state index contributed by atoms with van der Waals surface area (Å²) in [6, 6.07) is 5.79. The first kappa shape index (κ1) is 15.3. The molecule has 5 heteroatoms. The lowest BCUT2D eigenvalue weighted by molar-refractivity contribution is -0.0545. The summed E-state index contributed by atoms with van der Waals surface area (Å²) >= 11 is 0. The van der Waals surface area contributed by atoms with Crippen molar-refractivity contribution in [3.8, 4) is 6.07 Å². The van der Waals surface area contributed by atoms with Gasteiger partial charge in [-0.25, -0.2) is 4.98 Å². The van der Waals surface area contributed by atoms with E-state index in [0.29, 0.717) is 17.9 Å². The Morgan fingerprint density at radius 3 is 2.91 bits per heavy atom. The zero-order valence-electron chi connectivity index (χ0n) is 13.0. The Morgan fingerprint density at radius 2 is 2.18 bits per heavy atom. The number of pyridine rings is 1. The summed E-state index contributed by atoms with van der Waals surface area (Å²) in [4.78, 5) is 4.40. The van der Waals surface area contributed by atoms with Crippen LogP contribution in [0.2, 0.25) is 0 Å². The third-order valence-electron chi connectivity index (χ3n) is 5.26. The topological polar surface area (TPSA) is 78.2 Å². The van der Waals surface area contributed by atoms with E-state index in [1.54, 1.807) is 6.07 Å². The van der Waals surface area contributed by atoms with Gasteiger partial charge in [0, 0.05) is 36.8 Å². The molecular formula is C17H23N3O2. The molecule has 1 aliphatic heterocycles. The molecule has 3 rings (SSSR count). The van der Waals surface area contributed by atoms with E-state index in [2.05, 4.69) is 16.4 Å². The Hall–Kier alpha value is -1.64. The van der Waals surface area contributed by atoms with Gasteiger partial charge in [0.1, 0.15) is 11.9 Å². The van der Waals surface area contributed by atoms with Crippen LogP contribution in [0.15, 0.2) is 12.1 Å². The average molecular weight is 301 g/mol. The van der Waals surface area contributed by atoms with E-state index in [4.69, 9.17) is 10.00 Å². The third-order valence-corrected chi connectivity index (χ3v) is 5.26. The fourth-order valence-corrected chi connectivity index (χ4v) is 3.83. The van der Waals surface area contributed by atoms with Gasteiger partial charge in [-0.3, -0.25) is 0 Å². The first-order valence-corrected chi connectivity index (χ1v) is 8.02. The van der Waals surface area contributed by atoms with Crippen LogP contribution in [0.1, 0.15) is 36.9 Å². The maximum Gasteiger partial charge on any atom is 0.144 e. The van der Waals surface area contributed by atoms with Crippen LogP contribution in [0.25, 0.3) is 0 Å². The number of aryl methyl sites for hydroxylation is 1. The maximum absolute atomic E-state index is 10.7. The van der Waals surface area contributed by atoms with Gasteiger partial charge in [-0.1, -0.05) is 0 Å². The summed E-state index contributed by atoms with van der Waals surface area (Å²) in [6.07, 6.45) is 3.70. The first-order chi connectivity index (χ1) is 10.6. The Labute approximate surface area is 131 Å². The van der Waals surface area contributed by atoms with Gasteiger partial charge < -0.3 is 15.2 Å². The monoisotopic (exact) mass is 301 g/mol. The molecule has 1 saturated carbocycles. The van der Waals surface area contributed by atoms with Crippen molar-refractivity contribution in [2.45, 2.75) is 38.7 Å². The van der Waals surface area contributed by atoms with Crippen molar-refractivity contribution in [1.82, 2.24) is 4.98 Å². The van der Waals surface area contributed by atoms with E-state index in [-0.39, 0.29) is 17.4 Å². The van der Waals surface area contributed by atoms with Gasteiger partial charge in [0.2, 0.25) is 0 Å². The van der Waals surface area contributed by atoms with Gasteiger partial charge in [0.15, 0.2) is 0 Å². The lowest BCUT2D eigenvalue weighted by Crippen LogP contribution is -2.40. The number of nitriles is 1. The summed E-state index contributed by atoms with van der Waals surface area (Å²) < 4.78 is 5.44. The molecule has 2 aliphatic rings. The number of aliphatic hydroxyl groups excluding tert-OH is 1. The standard InChI is InChI=1S/C17H23N3O2/c1-12-2-3-13(10-18)16(20-12)19-11-14-4-5-17(15(14)21)6-8-22-9-7-17/h2-3,14-15,21H,4-9,11H2,1H3,(H,19,20)/t14-,15-/m1/s1. The fraction of sp³-hybridized carbons (Fsp3) is 0.647. The van der Waals surface area contributed by atoms with Crippen LogP contribution in [0.3, 0.4) is 0 Å². The molecule has 1 aromatic heterocycles. The molecule has 1 saturated heterocycles. The lowest BCUT2D eigenvalue weighted by Gasteiger charge is -2.37. The van der Waals surface area contributed by atoms with Crippen molar-refractivity contribution < 1.29 is 9.84 Å². The lowest BCUT2D eigenvalue weighted by atomic mass is 9.76. The molecule has 0 bridgehead atoms. The number of aliphatic hydroxyl groups is 1. The highest BCUT2D eigenvalue weighted by atomic mass is 16.5. The van der Waals surface area contributed by atoms with Crippen LogP contribution >= 0.6 is 0 Å². The summed E-state index contributed by atoms with van der Waals surface area (Å²) in [6.45, 7) is 4.09. The number of nitrogens with zero attached hydrogens (tertiary/aromatic N) is 2. The molecule has 118 valence electrons. The second-order valence-electron chi connectivity index (χ2n) is 6.56. The fourth-order valence-electron chi connectivity index (χ4n) is 3.83. The second-order valence-corrected chi connectivity index (χ2v) is 6.56. The predicted molar refractivity (Wildman–Crippen MR) is 83.4 cm³/mol. The van der Waals surface area contributed by atoms with E-state index in [0.717, 1.165) is 44.6 Å². The number of anilines is 1. The molecule has 5 nitrogen and oxygen atoms in total. The van der Waals surface area contributed by atoms with Gasteiger partial charge in [0.05, 0.1) is 11.7 Å². The summed E-state index contributed by atoms with van der Waals surface area (Å²) in [7, 11) is 0. The Balaban J connectivity index is 1.65. The quantitative estimate of drug-likeness (QED) is 0.895. The molecule has 22 heavy (non-hydrogen) atoms. The van der Waals surface area contributed by atoms with Crippen LogP contribution in [-0.2, 0) is 4.74 Å². The van der Waals surface area contributed by atoms with Crippen molar-refractivity contribution in [3.63, 3.8) is 0 Å². The van der Waals surface area contributed by atoms with Gasteiger partial charge in [-0.2, -0.15) is 5.26 Å². The van der Waals surface area contributed by atoms with E-state index in [1.165, 1.54) is 0 Å². The minimum Gasteiger partial charge on any atom is -0.392 e. The van der Waals surface area contributed by atoms with Crippen LogP contribution < -0.4 is 5.32 Å². The normalized spacial score (nSPS) is 26.8. The first-order valence-electron chi connectivity index (χ1n) is 8.02. The molecule has 1 aliphatic carbocycles. The van der Waals surface area contributed by atoms with Crippen molar-refractivity contribution in [2.75, 3.05) is 25.1 Å². The minimum atomic E-state index is -0.292. The number of hydrogen-bond donors (Lipinski definition) is 2. The third kappa shape index (κ3) is 2.81. The van der Waals surface area contributed by atoms with Gasteiger partial charge in [-0.05, 0) is 44.7 Å². The van der Waals surface area contributed by atoms with Crippen LogP contribution in [-0.4, -0.2) is 36.0 Å². The van der Waals surface area contributed by atoms with E-state index in [9.17, 15) is 5.11 Å². The predicted octanol–water partition coefficient (Wildman–Crippen LogP) is 2.24. The van der Waals surface area contributed by atoms with Gasteiger partial charge in [-0.15, -0.1) is 0 Å². The summed E-state index contributed by atoms with van der Waals surface area (Å²) in [5.74, 6) is 0.842. The molecule has 1 spiro atoms. The van der Waals surface area contributed by atoms with Crippen LogP contribution in [0.4, 0.5) is 5.82 Å². The number of hydrogen-bond acceptors (Lipinski definition) is 5. The molecule has 2 atom stereocenters. The largest absolute Gasteiger partial charge is 0.392 e. The van der Waals surface area contributed by atoms with Crippen molar-refractivity contribution in [3.05, 3.63) is 23.4 Å². The number of ether oxygens (including phenoxy) is 1. The van der Waals surface area contributed by atoms with Crippen molar-refractivity contribution >= 4 is 5.82 Å². The van der Waals surface area contributed by atoms with Gasteiger partial charge in [0.25, 0.3) is 0 Å². The number of nitrogens with one attached hydrogen (secondary N) is 1. The highest BCUT2D eigenvalue weighted by Gasteiger charge is 2.47. The molecule has 2 N–H and O–H groups in total. The Kier molecular flexibility index (Phi) is 4.32. The maximum atomic E-state index is 10.7. The molecule has 1 aromatic rings.